The quantitative estimate of drug-likeness (QED) is 0.758. The molecule has 0 aliphatic rings. The van der Waals surface area contributed by atoms with Crippen molar-refractivity contribution in [3.63, 3.8) is 0 Å². The Labute approximate surface area is 105 Å². The molecule has 102 valence electrons. The molecule has 0 spiro atoms. The van der Waals surface area contributed by atoms with Crippen LogP contribution >= 0.6 is 0 Å². The Morgan fingerprint density at radius 1 is 1.22 bits per heavy atom. The largest absolute Gasteiger partial charge is 0.494 e. The lowest BCUT2D eigenvalue weighted by Crippen LogP contribution is -2.18. The van der Waals surface area contributed by atoms with Gasteiger partial charge in [-0.1, -0.05) is 18.2 Å². The fourth-order valence-electron chi connectivity index (χ4n) is 1.58. The fraction of sp³-hybridized carbons (Fsp3) is 0.538. The van der Waals surface area contributed by atoms with Gasteiger partial charge in [0.25, 0.3) is 0 Å². The second-order valence-corrected chi connectivity index (χ2v) is 3.94. The number of halogens is 3. The Kier molecular flexibility index (Phi) is 5.98. The molecule has 0 fully saturated rings. The maximum Gasteiger partial charge on any atom is 0.389 e. The van der Waals surface area contributed by atoms with Crippen LogP contribution in [0.5, 0.6) is 5.75 Å². The van der Waals surface area contributed by atoms with E-state index in [1.807, 2.05) is 31.2 Å². The van der Waals surface area contributed by atoms with Gasteiger partial charge in [-0.2, -0.15) is 13.2 Å². The molecule has 0 atom stereocenters. The van der Waals surface area contributed by atoms with Crippen LogP contribution in [0.25, 0.3) is 0 Å². The van der Waals surface area contributed by atoms with Crippen LogP contribution < -0.4 is 10.1 Å². The molecule has 0 saturated carbocycles. The number of nitrogens with one attached hydrogen (secondary N) is 1. The van der Waals surface area contributed by atoms with Gasteiger partial charge in [0.2, 0.25) is 0 Å². The van der Waals surface area contributed by atoms with Gasteiger partial charge < -0.3 is 10.1 Å². The van der Waals surface area contributed by atoms with Gasteiger partial charge in [-0.05, 0) is 26.0 Å². The maximum atomic E-state index is 11.9. The van der Waals surface area contributed by atoms with Crippen molar-refractivity contribution in [2.75, 3.05) is 13.2 Å². The Bertz CT molecular complexity index is 352. The zero-order valence-electron chi connectivity index (χ0n) is 10.4. The van der Waals surface area contributed by atoms with Crippen molar-refractivity contribution >= 4 is 0 Å². The fourth-order valence-corrected chi connectivity index (χ4v) is 1.58. The molecule has 0 aliphatic carbocycles. The number of ether oxygens (including phenoxy) is 1. The molecule has 2 nitrogen and oxygen atoms in total. The predicted molar refractivity (Wildman–Crippen MR) is 64.6 cm³/mol. The molecule has 1 rings (SSSR count). The number of alkyl halides is 3. The minimum Gasteiger partial charge on any atom is -0.494 e. The summed E-state index contributed by atoms with van der Waals surface area (Å²) in [6, 6.07) is 7.52. The molecule has 1 N–H and O–H groups in total. The van der Waals surface area contributed by atoms with E-state index in [1.165, 1.54) is 0 Å². The van der Waals surface area contributed by atoms with Crippen LogP contribution in [-0.2, 0) is 6.54 Å². The van der Waals surface area contributed by atoms with Crippen molar-refractivity contribution in [3.05, 3.63) is 29.8 Å². The third-order valence-electron chi connectivity index (χ3n) is 2.40. The smallest absolute Gasteiger partial charge is 0.389 e. The van der Waals surface area contributed by atoms with Gasteiger partial charge in [-0.3, -0.25) is 0 Å². The van der Waals surface area contributed by atoms with Crippen LogP contribution in [0.15, 0.2) is 24.3 Å². The lowest BCUT2D eigenvalue weighted by molar-refractivity contribution is -0.135. The minimum absolute atomic E-state index is 0.0975. The monoisotopic (exact) mass is 261 g/mol. The summed E-state index contributed by atoms with van der Waals surface area (Å²) in [4.78, 5) is 0. The molecule has 0 radical (unpaired) electrons. The summed E-state index contributed by atoms with van der Waals surface area (Å²) in [6.07, 6.45) is -4.71. The molecule has 1 aromatic rings. The normalized spacial score (nSPS) is 11.6. The van der Waals surface area contributed by atoms with Crippen molar-refractivity contribution in [3.8, 4) is 5.75 Å². The highest BCUT2D eigenvalue weighted by atomic mass is 19.4. The van der Waals surface area contributed by atoms with Crippen molar-refractivity contribution in [2.45, 2.75) is 32.5 Å². The summed E-state index contributed by atoms with van der Waals surface area (Å²) >= 11 is 0. The van der Waals surface area contributed by atoms with Gasteiger partial charge in [-0.25, -0.2) is 0 Å². The Hall–Kier alpha value is -1.23. The zero-order valence-corrected chi connectivity index (χ0v) is 10.4. The summed E-state index contributed by atoms with van der Waals surface area (Å²) in [5, 5.41) is 2.99. The van der Waals surface area contributed by atoms with Crippen LogP contribution in [0.4, 0.5) is 13.2 Å². The average Bonchev–Trinajstić information content (AvgIpc) is 2.29. The number of hydrogen-bond donors (Lipinski definition) is 1. The first-order valence-electron chi connectivity index (χ1n) is 6.01. The summed E-state index contributed by atoms with van der Waals surface area (Å²) in [5.41, 5.74) is 0.964. The summed E-state index contributed by atoms with van der Waals surface area (Å²) in [6.45, 7) is 3.34. The topological polar surface area (TPSA) is 21.3 Å². The Morgan fingerprint density at radius 2 is 1.94 bits per heavy atom. The van der Waals surface area contributed by atoms with E-state index in [1.54, 1.807) is 0 Å². The van der Waals surface area contributed by atoms with Gasteiger partial charge in [-0.15, -0.1) is 0 Å². The summed E-state index contributed by atoms with van der Waals surface area (Å²) in [7, 11) is 0. The molecule has 0 amide bonds. The second kappa shape index (κ2) is 7.26. The molecule has 5 heteroatoms. The van der Waals surface area contributed by atoms with E-state index < -0.39 is 12.6 Å². The Morgan fingerprint density at radius 3 is 2.61 bits per heavy atom. The van der Waals surface area contributed by atoms with Crippen LogP contribution in [0, 0.1) is 0 Å². The third kappa shape index (κ3) is 5.91. The van der Waals surface area contributed by atoms with E-state index in [0.717, 1.165) is 11.3 Å². The van der Waals surface area contributed by atoms with Gasteiger partial charge >= 0.3 is 6.18 Å². The van der Waals surface area contributed by atoms with Crippen LogP contribution in [0.1, 0.15) is 25.3 Å². The first-order valence-corrected chi connectivity index (χ1v) is 6.01. The average molecular weight is 261 g/mol. The standard InChI is InChI=1S/C13H18F3NO/c1-2-18-12-7-4-3-6-11(12)10-17-9-5-8-13(14,15)16/h3-4,6-7,17H,2,5,8-10H2,1H3. The van der Waals surface area contributed by atoms with E-state index in [-0.39, 0.29) is 6.42 Å². The number of rotatable bonds is 7. The van der Waals surface area contributed by atoms with Crippen molar-refractivity contribution < 1.29 is 17.9 Å². The molecule has 0 unspecified atom stereocenters. The van der Waals surface area contributed by atoms with Gasteiger partial charge in [0.15, 0.2) is 0 Å². The first-order chi connectivity index (χ1) is 8.53. The molecular weight excluding hydrogens is 243 g/mol. The predicted octanol–water partition coefficient (Wildman–Crippen LogP) is 3.52. The van der Waals surface area contributed by atoms with E-state index in [2.05, 4.69) is 5.32 Å². The van der Waals surface area contributed by atoms with Crippen molar-refractivity contribution in [2.24, 2.45) is 0 Å². The SMILES string of the molecule is CCOc1ccccc1CNCCCC(F)(F)F. The van der Waals surface area contributed by atoms with Crippen molar-refractivity contribution in [1.82, 2.24) is 5.32 Å². The molecule has 0 aliphatic heterocycles. The number of para-hydroxylation sites is 1. The van der Waals surface area contributed by atoms with E-state index >= 15 is 0 Å². The molecular formula is C13H18F3NO. The molecule has 0 bridgehead atoms. The number of hydrogen-bond acceptors (Lipinski definition) is 2. The van der Waals surface area contributed by atoms with Crippen LogP contribution in [0.2, 0.25) is 0 Å². The van der Waals surface area contributed by atoms with Crippen LogP contribution in [0.3, 0.4) is 0 Å². The zero-order chi connectivity index (χ0) is 13.4. The van der Waals surface area contributed by atoms with Crippen LogP contribution in [-0.4, -0.2) is 19.3 Å². The Balaban J connectivity index is 2.31. The second-order valence-electron chi connectivity index (χ2n) is 3.94. The molecule has 0 saturated heterocycles. The highest BCUT2D eigenvalue weighted by Gasteiger charge is 2.25. The lowest BCUT2D eigenvalue weighted by atomic mass is 10.2. The van der Waals surface area contributed by atoms with Crippen molar-refractivity contribution in [1.29, 1.82) is 0 Å². The summed E-state index contributed by atoms with van der Waals surface area (Å²) < 4.78 is 41.2. The molecule has 0 aromatic heterocycles. The van der Waals surface area contributed by atoms with E-state index in [4.69, 9.17) is 4.74 Å². The summed E-state index contributed by atoms with van der Waals surface area (Å²) in [5.74, 6) is 0.781. The van der Waals surface area contributed by atoms with Gasteiger partial charge in [0, 0.05) is 18.5 Å². The number of benzene rings is 1. The molecule has 1 aromatic carbocycles. The van der Waals surface area contributed by atoms with E-state index in [9.17, 15) is 13.2 Å². The highest BCUT2D eigenvalue weighted by Crippen LogP contribution is 2.21. The van der Waals surface area contributed by atoms with E-state index in [0.29, 0.717) is 19.7 Å². The third-order valence-corrected chi connectivity index (χ3v) is 2.40. The first kappa shape index (κ1) is 14.8. The lowest BCUT2D eigenvalue weighted by Gasteiger charge is -2.11. The maximum absolute atomic E-state index is 11.9. The highest BCUT2D eigenvalue weighted by molar-refractivity contribution is 5.33. The molecule has 0 heterocycles. The van der Waals surface area contributed by atoms with Gasteiger partial charge in [0.1, 0.15) is 5.75 Å². The van der Waals surface area contributed by atoms with Gasteiger partial charge in [0.05, 0.1) is 6.61 Å². The minimum atomic E-state index is -4.06. The molecule has 18 heavy (non-hydrogen) atoms.